The van der Waals surface area contributed by atoms with Gasteiger partial charge in [0.15, 0.2) is 5.82 Å². The summed E-state index contributed by atoms with van der Waals surface area (Å²) in [4.78, 5) is 13.4. The van der Waals surface area contributed by atoms with Crippen molar-refractivity contribution >= 4 is 11.7 Å². The number of hydrogen-bond acceptors (Lipinski definition) is 3. The van der Waals surface area contributed by atoms with E-state index in [0.717, 1.165) is 12.1 Å². The lowest BCUT2D eigenvalue weighted by Gasteiger charge is -2.12. The number of carbonyl (C=O) groups is 1. The van der Waals surface area contributed by atoms with Crippen molar-refractivity contribution in [3.63, 3.8) is 0 Å². The zero-order chi connectivity index (χ0) is 12.4. The van der Waals surface area contributed by atoms with Crippen molar-refractivity contribution in [1.29, 1.82) is 0 Å². The Balaban J connectivity index is 2.12. The minimum absolute atomic E-state index is 0.0475. The van der Waals surface area contributed by atoms with E-state index in [4.69, 9.17) is 5.11 Å². The molecule has 5 heteroatoms. The predicted octanol–water partition coefficient (Wildman–Crippen LogP) is 1.27. The molecule has 1 saturated heterocycles. The Morgan fingerprint density at radius 3 is 3.06 bits per heavy atom. The van der Waals surface area contributed by atoms with Crippen LogP contribution in [0.15, 0.2) is 6.07 Å². The number of aliphatic hydroxyl groups excluding tert-OH is 1. The molecule has 0 saturated carbocycles. The molecule has 94 valence electrons. The van der Waals surface area contributed by atoms with Gasteiger partial charge in [0.05, 0.1) is 0 Å². The van der Waals surface area contributed by atoms with E-state index in [9.17, 15) is 4.79 Å². The van der Waals surface area contributed by atoms with E-state index < -0.39 is 0 Å². The normalized spacial score (nSPS) is 22.2. The lowest BCUT2D eigenvalue weighted by molar-refractivity contribution is -0.117. The van der Waals surface area contributed by atoms with E-state index in [1.54, 1.807) is 4.90 Å². The van der Waals surface area contributed by atoms with Crippen LogP contribution in [0.1, 0.15) is 38.3 Å². The summed E-state index contributed by atoms with van der Waals surface area (Å²) in [5, 5.41) is 16.2. The maximum Gasteiger partial charge on any atom is 0.228 e. The SMILES string of the molecule is CCC(C)c1cc(N2CC(CO)CC2=O)n[nH]1. The average Bonchev–Trinajstić information content (AvgIpc) is 2.94. The van der Waals surface area contributed by atoms with Gasteiger partial charge in [-0.1, -0.05) is 13.8 Å². The number of H-pyrrole nitrogens is 1. The summed E-state index contributed by atoms with van der Waals surface area (Å²) in [6, 6.07) is 1.94. The van der Waals surface area contributed by atoms with Crippen molar-refractivity contribution in [1.82, 2.24) is 10.2 Å². The zero-order valence-electron chi connectivity index (χ0n) is 10.3. The third-order valence-electron chi connectivity index (χ3n) is 3.47. The van der Waals surface area contributed by atoms with Crippen LogP contribution in [0.2, 0.25) is 0 Å². The van der Waals surface area contributed by atoms with Crippen molar-refractivity contribution in [2.75, 3.05) is 18.1 Å². The van der Waals surface area contributed by atoms with Crippen LogP contribution >= 0.6 is 0 Å². The monoisotopic (exact) mass is 237 g/mol. The van der Waals surface area contributed by atoms with Gasteiger partial charge in [-0.05, 0) is 12.3 Å². The third kappa shape index (κ3) is 2.34. The molecule has 1 fully saturated rings. The number of aromatic nitrogens is 2. The largest absolute Gasteiger partial charge is 0.396 e. The number of anilines is 1. The Hall–Kier alpha value is -1.36. The Morgan fingerprint density at radius 2 is 2.47 bits per heavy atom. The first-order valence-corrected chi connectivity index (χ1v) is 6.12. The van der Waals surface area contributed by atoms with E-state index in [1.165, 1.54) is 0 Å². The molecule has 1 aromatic rings. The molecule has 2 unspecified atom stereocenters. The number of aromatic amines is 1. The molecule has 2 heterocycles. The van der Waals surface area contributed by atoms with Gasteiger partial charge in [-0.25, -0.2) is 0 Å². The Labute approximate surface area is 101 Å². The molecule has 0 spiro atoms. The molecule has 1 amide bonds. The molecule has 0 radical (unpaired) electrons. The fourth-order valence-electron chi connectivity index (χ4n) is 2.06. The van der Waals surface area contributed by atoms with Gasteiger partial charge in [-0.15, -0.1) is 0 Å². The molecule has 5 nitrogen and oxygen atoms in total. The smallest absolute Gasteiger partial charge is 0.228 e. The lowest BCUT2D eigenvalue weighted by Crippen LogP contribution is -2.25. The number of nitrogens with one attached hydrogen (secondary N) is 1. The van der Waals surface area contributed by atoms with Crippen LogP contribution < -0.4 is 4.90 Å². The van der Waals surface area contributed by atoms with Gasteiger partial charge in [0.1, 0.15) is 0 Å². The summed E-state index contributed by atoms with van der Waals surface area (Å²) in [7, 11) is 0. The fraction of sp³-hybridized carbons (Fsp3) is 0.667. The number of aliphatic hydroxyl groups is 1. The number of amides is 1. The molecule has 2 rings (SSSR count). The molecular formula is C12H19N3O2. The molecule has 0 aliphatic carbocycles. The highest BCUT2D eigenvalue weighted by atomic mass is 16.3. The van der Waals surface area contributed by atoms with Crippen LogP contribution in [0.5, 0.6) is 0 Å². The molecule has 2 N–H and O–H groups in total. The van der Waals surface area contributed by atoms with E-state index in [-0.39, 0.29) is 18.4 Å². The molecule has 0 aromatic carbocycles. The Morgan fingerprint density at radius 1 is 1.71 bits per heavy atom. The van der Waals surface area contributed by atoms with Crippen LogP contribution in [0.25, 0.3) is 0 Å². The summed E-state index contributed by atoms with van der Waals surface area (Å²) in [5.41, 5.74) is 1.06. The van der Waals surface area contributed by atoms with E-state index >= 15 is 0 Å². The highest BCUT2D eigenvalue weighted by Crippen LogP contribution is 2.26. The molecule has 17 heavy (non-hydrogen) atoms. The highest BCUT2D eigenvalue weighted by molar-refractivity contribution is 5.94. The van der Waals surface area contributed by atoms with Gasteiger partial charge in [-0.3, -0.25) is 14.8 Å². The molecule has 1 aromatic heterocycles. The Bertz CT molecular complexity index is 402. The highest BCUT2D eigenvalue weighted by Gasteiger charge is 2.31. The van der Waals surface area contributed by atoms with Gasteiger partial charge >= 0.3 is 0 Å². The first-order valence-electron chi connectivity index (χ1n) is 6.12. The minimum atomic E-state index is 0.0475. The fourth-order valence-corrected chi connectivity index (χ4v) is 2.06. The van der Waals surface area contributed by atoms with E-state index in [1.807, 2.05) is 6.07 Å². The number of hydrogen-bond donors (Lipinski definition) is 2. The van der Waals surface area contributed by atoms with Crippen LogP contribution in [-0.4, -0.2) is 34.4 Å². The van der Waals surface area contributed by atoms with Crippen LogP contribution in [0.3, 0.4) is 0 Å². The second-order valence-electron chi connectivity index (χ2n) is 4.75. The predicted molar refractivity (Wildman–Crippen MR) is 64.8 cm³/mol. The summed E-state index contributed by atoms with van der Waals surface area (Å²) in [6.45, 7) is 4.87. The van der Waals surface area contributed by atoms with Crippen molar-refractivity contribution in [2.24, 2.45) is 5.92 Å². The quantitative estimate of drug-likeness (QED) is 0.828. The van der Waals surface area contributed by atoms with E-state index in [0.29, 0.717) is 24.7 Å². The lowest BCUT2D eigenvalue weighted by atomic mass is 10.1. The maximum absolute atomic E-state index is 11.8. The number of nitrogens with zero attached hydrogens (tertiary/aromatic N) is 2. The second kappa shape index (κ2) is 4.87. The Kier molecular flexibility index (Phi) is 3.47. The van der Waals surface area contributed by atoms with Crippen LogP contribution in [-0.2, 0) is 4.79 Å². The summed E-state index contributed by atoms with van der Waals surface area (Å²) in [5.74, 6) is 1.20. The van der Waals surface area contributed by atoms with E-state index in [2.05, 4.69) is 24.0 Å². The topological polar surface area (TPSA) is 69.2 Å². The zero-order valence-corrected chi connectivity index (χ0v) is 10.3. The molecular weight excluding hydrogens is 218 g/mol. The van der Waals surface area contributed by atoms with Gasteiger partial charge in [0, 0.05) is 37.3 Å². The summed E-state index contributed by atoms with van der Waals surface area (Å²) in [6.07, 6.45) is 1.46. The third-order valence-corrected chi connectivity index (χ3v) is 3.47. The van der Waals surface area contributed by atoms with Crippen molar-refractivity contribution in [3.8, 4) is 0 Å². The first kappa shape index (κ1) is 12.1. The minimum Gasteiger partial charge on any atom is -0.396 e. The molecule has 0 bridgehead atoms. The number of rotatable bonds is 4. The van der Waals surface area contributed by atoms with Gasteiger partial charge in [0.25, 0.3) is 0 Å². The van der Waals surface area contributed by atoms with Crippen molar-refractivity contribution in [2.45, 2.75) is 32.6 Å². The average molecular weight is 237 g/mol. The number of carbonyl (C=O) groups excluding carboxylic acids is 1. The summed E-state index contributed by atoms with van der Waals surface area (Å²) < 4.78 is 0. The van der Waals surface area contributed by atoms with Gasteiger partial charge < -0.3 is 5.11 Å². The standard InChI is InChI=1S/C12H19N3O2/c1-3-8(2)10-5-11(14-13-10)15-6-9(7-16)4-12(15)17/h5,8-9,16H,3-4,6-7H2,1-2H3,(H,13,14). The van der Waals surface area contributed by atoms with Crippen molar-refractivity contribution in [3.05, 3.63) is 11.8 Å². The van der Waals surface area contributed by atoms with Gasteiger partial charge in [-0.2, -0.15) is 5.10 Å². The first-order chi connectivity index (χ1) is 8.15. The second-order valence-corrected chi connectivity index (χ2v) is 4.75. The molecule has 2 atom stereocenters. The molecule has 1 aliphatic heterocycles. The summed E-state index contributed by atoms with van der Waals surface area (Å²) >= 11 is 0. The van der Waals surface area contributed by atoms with Gasteiger partial charge in [0.2, 0.25) is 5.91 Å². The maximum atomic E-state index is 11.8. The van der Waals surface area contributed by atoms with Crippen molar-refractivity contribution < 1.29 is 9.90 Å². The molecule has 1 aliphatic rings. The van der Waals surface area contributed by atoms with Crippen LogP contribution in [0.4, 0.5) is 5.82 Å². The van der Waals surface area contributed by atoms with Crippen LogP contribution in [0, 0.1) is 5.92 Å².